The van der Waals surface area contributed by atoms with E-state index in [-0.39, 0.29) is 5.91 Å². The number of amides is 1. The molecule has 0 fully saturated rings. The Hall–Kier alpha value is -1.66. The summed E-state index contributed by atoms with van der Waals surface area (Å²) in [7, 11) is 1.72. The zero-order valence-corrected chi connectivity index (χ0v) is 10.1. The molecule has 1 heterocycles. The summed E-state index contributed by atoms with van der Waals surface area (Å²) in [4.78, 5) is 17.6. The third-order valence-electron chi connectivity index (χ3n) is 2.33. The molecule has 94 valence electrons. The monoisotopic (exact) mass is 238 g/mol. The van der Waals surface area contributed by atoms with Gasteiger partial charge in [-0.1, -0.05) is 0 Å². The smallest absolute Gasteiger partial charge is 0.255 e. The largest absolute Gasteiger partial charge is 0.380 e. The third-order valence-corrected chi connectivity index (χ3v) is 2.33. The van der Waals surface area contributed by atoms with Crippen molar-refractivity contribution in [2.45, 2.75) is 6.92 Å². The summed E-state index contributed by atoms with van der Waals surface area (Å²) in [5.41, 5.74) is 3.47. The summed E-state index contributed by atoms with van der Waals surface area (Å²) < 4.78 is 5.20. The van der Waals surface area contributed by atoms with Crippen molar-refractivity contribution in [1.29, 1.82) is 0 Å². The standard InChI is InChI=1S/C11H18N4O2/c1-3-17-7-6-15(2)11(16)9-4-5-13-8-10(9)14-12/h4-5,8,14H,3,6-7,12H2,1-2H3. The summed E-state index contributed by atoms with van der Waals surface area (Å²) in [6.45, 7) is 3.63. The minimum Gasteiger partial charge on any atom is -0.380 e. The van der Waals surface area contributed by atoms with Crippen LogP contribution in [0.4, 0.5) is 5.69 Å². The first-order valence-electron chi connectivity index (χ1n) is 5.44. The number of nitrogens with zero attached hydrogens (tertiary/aromatic N) is 2. The van der Waals surface area contributed by atoms with E-state index in [0.717, 1.165) is 0 Å². The lowest BCUT2D eigenvalue weighted by atomic mass is 10.2. The van der Waals surface area contributed by atoms with Crippen LogP contribution in [0.25, 0.3) is 0 Å². The topological polar surface area (TPSA) is 80.5 Å². The number of likely N-dealkylation sites (N-methyl/N-ethyl adjacent to an activating group) is 1. The zero-order chi connectivity index (χ0) is 12.7. The van der Waals surface area contributed by atoms with E-state index in [1.54, 1.807) is 24.2 Å². The van der Waals surface area contributed by atoms with Crippen LogP contribution in [0.1, 0.15) is 17.3 Å². The molecule has 0 aliphatic carbocycles. The average molecular weight is 238 g/mol. The van der Waals surface area contributed by atoms with Gasteiger partial charge in [0.2, 0.25) is 0 Å². The number of carbonyl (C=O) groups is 1. The number of nitrogens with two attached hydrogens (primary N) is 1. The van der Waals surface area contributed by atoms with Gasteiger partial charge in [0.15, 0.2) is 0 Å². The van der Waals surface area contributed by atoms with Crippen LogP contribution in [-0.2, 0) is 4.74 Å². The maximum atomic E-state index is 12.1. The fourth-order valence-corrected chi connectivity index (χ4v) is 1.35. The molecule has 1 amide bonds. The first kappa shape index (κ1) is 13.4. The lowest BCUT2D eigenvalue weighted by molar-refractivity contribution is 0.0710. The number of nitrogens with one attached hydrogen (secondary N) is 1. The van der Waals surface area contributed by atoms with Gasteiger partial charge < -0.3 is 15.1 Å². The predicted octanol–water partition coefficient (Wildman–Crippen LogP) is 0.476. The van der Waals surface area contributed by atoms with E-state index >= 15 is 0 Å². The molecule has 0 atom stereocenters. The molecule has 0 saturated heterocycles. The number of hydrazine groups is 1. The average Bonchev–Trinajstić information content (AvgIpc) is 2.38. The van der Waals surface area contributed by atoms with Crippen molar-refractivity contribution in [3.63, 3.8) is 0 Å². The Morgan fingerprint density at radius 2 is 2.41 bits per heavy atom. The molecule has 3 N–H and O–H groups in total. The molecule has 6 heteroatoms. The summed E-state index contributed by atoms with van der Waals surface area (Å²) in [6, 6.07) is 1.63. The molecule has 0 aliphatic heterocycles. The minimum absolute atomic E-state index is 0.111. The second-order valence-corrected chi connectivity index (χ2v) is 3.49. The number of rotatable bonds is 6. The molecule has 0 aromatic carbocycles. The normalized spacial score (nSPS) is 10.1. The van der Waals surface area contributed by atoms with Gasteiger partial charge in [0.25, 0.3) is 5.91 Å². The highest BCUT2D eigenvalue weighted by Gasteiger charge is 2.14. The molecule has 0 bridgehead atoms. The van der Waals surface area contributed by atoms with Crippen molar-refractivity contribution in [1.82, 2.24) is 9.88 Å². The Labute approximate surface area is 101 Å². The van der Waals surface area contributed by atoms with Crippen molar-refractivity contribution >= 4 is 11.6 Å². The summed E-state index contributed by atoms with van der Waals surface area (Å²) in [5, 5.41) is 0. The second kappa shape index (κ2) is 6.82. The van der Waals surface area contributed by atoms with Gasteiger partial charge in [-0.05, 0) is 13.0 Å². The van der Waals surface area contributed by atoms with E-state index in [2.05, 4.69) is 10.4 Å². The second-order valence-electron chi connectivity index (χ2n) is 3.49. The first-order valence-corrected chi connectivity index (χ1v) is 5.44. The number of nitrogen functional groups attached to an aromatic ring is 1. The van der Waals surface area contributed by atoms with E-state index < -0.39 is 0 Å². The fourth-order valence-electron chi connectivity index (χ4n) is 1.35. The molecule has 0 spiro atoms. The van der Waals surface area contributed by atoms with E-state index in [1.807, 2.05) is 6.92 Å². The lowest BCUT2D eigenvalue weighted by Gasteiger charge is -2.18. The number of aromatic nitrogens is 1. The van der Waals surface area contributed by atoms with Crippen LogP contribution >= 0.6 is 0 Å². The van der Waals surface area contributed by atoms with Crippen molar-refractivity contribution in [3.05, 3.63) is 24.0 Å². The highest BCUT2D eigenvalue weighted by atomic mass is 16.5. The molecule has 6 nitrogen and oxygen atoms in total. The molecule has 0 saturated carbocycles. The minimum atomic E-state index is -0.111. The molecule has 1 rings (SSSR count). The molecule has 0 aliphatic rings. The van der Waals surface area contributed by atoms with Crippen LogP contribution in [0, 0.1) is 0 Å². The Morgan fingerprint density at radius 3 is 3.06 bits per heavy atom. The molecule has 0 radical (unpaired) electrons. The molecule has 17 heavy (non-hydrogen) atoms. The van der Waals surface area contributed by atoms with Gasteiger partial charge in [-0.2, -0.15) is 0 Å². The fraction of sp³-hybridized carbons (Fsp3) is 0.455. The van der Waals surface area contributed by atoms with Crippen LogP contribution in [-0.4, -0.2) is 42.6 Å². The maximum absolute atomic E-state index is 12.1. The van der Waals surface area contributed by atoms with Crippen molar-refractivity contribution < 1.29 is 9.53 Å². The van der Waals surface area contributed by atoms with Gasteiger partial charge >= 0.3 is 0 Å². The number of hydrogen-bond donors (Lipinski definition) is 2. The van der Waals surface area contributed by atoms with E-state index in [0.29, 0.717) is 31.0 Å². The molecule has 1 aromatic rings. The third kappa shape index (κ3) is 3.69. The molecule has 0 unspecified atom stereocenters. The highest BCUT2D eigenvalue weighted by Crippen LogP contribution is 2.13. The number of hydrogen-bond acceptors (Lipinski definition) is 5. The summed E-state index contributed by atoms with van der Waals surface area (Å²) in [5.74, 6) is 5.21. The van der Waals surface area contributed by atoms with Crippen LogP contribution in [0.15, 0.2) is 18.5 Å². The van der Waals surface area contributed by atoms with Crippen LogP contribution in [0.5, 0.6) is 0 Å². The molecular weight excluding hydrogens is 220 g/mol. The van der Waals surface area contributed by atoms with Crippen LogP contribution in [0.2, 0.25) is 0 Å². The van der Waals surface area contributed by atoms with Crippen molar-refractivity contribution in [2.24, 2.45) is 5.84 Å². The Kier molecular flexibility index (Phi) is 5.38. The Bertz CT molecular complexity index is 370. The number of ether oxygens (including phenoxy) is 1. The van der Waals surface area contributed by atoms with Crippen molar-refractivity contribution in [2.75, 3.05) is 32.2 Å². The Balaban J connectivity index is 2.67. The SMILES string of the molecule is CCOCCN(C)C(=O)c1ccncc1NN. The predicted molar refractivity (Wildman–Crippen MR) is 65.5 cm³/mol. The molecule has 1 aromatic heterocycles. The van der Waals surface area contributed by atoms with Gasteiger partial charge in [-0.25, -0.2) is 0 Å². The van der Waals surface area contributed by atoms with Gasteiger partial charge in [0.1, 0.15) is 0 Å². The zero-order valence-electron chi connectivity index (χ0n) is 10.1. The van der Waals surface area contributed by atoms with Gasteiger partial charge in [-0.15, -0.1) is 0 Å². The quantitative estimate of drug-likeness (QED) is 0.428. The lowest BCUT2D eigenvalue weighted by Crippen LogP contribution is -2.31. The van der Waals surface area contributed by atoms with E-state index in [1.165, 1.54) is 6.20 Å². The maximum Gasteiger partial charge on any atom is 0.255 e. The van der Waals surface area contributed by atoms with Crippen LogP contribution < -0.4 is 11.3 Å². The van der Waals surface area contributed by atoms with Crippen molar-refractivity contribution in [3.8, 4) is 0 Å². The van der Waals surface area contributed by atoms with Gasteiger partial charge in [0, 0.05) is 26.4 Å². The molecular formula is C11H18N4O2. The highest BCUT2D eigenvalue weighted by molar-refractivity contribution is 5.99. The number of carbonyl (C=O) groups excluding carboxylic acids is 1. The van der Waals surface area contributed by atoms with Gasteiger partial charge in [-0.3, -0.25) is 15.6 Å². The Morgan fingerprint density at radius 1 is 1.65 bits per heavy atom. The first-order chi connectivity index (χ1) is 8.20. The summed E-state index contributed by atoms with van der Waals surface area (Å²) >= 11 is 0. The number of anilines is 1. The van der Waals surface area contributed by atoms with E-state index in [9.17, 15) is 4.79 Å². The van der Waals surface area contributed by atoms with Crippen LogP contribution in [0.3, 0.4) is 0 Å². The van der Waals surface area contributed by atoms with E-state index in [4.69, 9.17) is 10.6 Å². The summed E-state index contributed by atoms with van der Waals surface area (Å²) in [6.07, 6.45) is 3.08. The van der Waals surface area contributed by atoms with Gasteiger partial charge in [0.05, 0.1) is 24.1 Å². The number of pyridine rings is 1.